The zero-order valence-corrected chi connectivity index (χ0v) is 27.3. The van der Waals surface area contributed by atoms with Crippen molar-refractivity contribution < 1.29 is 22.5 Å². The molecular weight excluding hydrogens is 555 g/mol. The van der Waals surface area contributed by atoms with E-state index in [2.05, 4.69) is 75.7 Å². The van der Waals surface area contributed by atoms with Gasteiger partial charge in [0.15, 0.2) is 17.0 Å². The number of anilines is 1. The number of benzene rings is 1. The Bertz CT molecular complexity index is 1350. The van der Waals surface area contributed by atoms with Gasteiger partial charge in [0.25, 0.3) is 5.91 Å². The third kappa shape index (κ3) is 5.41. The average molecular weight is 598 g/mol. The van der Waals surface area contributed by atoms with E-state index in [1.165, 1.54) is 6.33 Å². The third-order valence-corrected chi connectivity index (χ3v) is 18.7. The van der Waals surface area contributed by atoms with Crippen LogP contribution < -0.4 is 5.32 Å². The third-order valence-electron chi connectivity index (χ3n) is 8.46. The Labute approximate surface area is 244 Å². The van der Waals surface area contributed by atoms with Gasteiger partial charge in [-0.2, -0.15) is 0 Å². The molecule has 1 N–H and O–H groups in total. The molecule has 1 amide bonds. The SMILES string of the molecule is CC(C)[Si]1(C(C)C)OC[C@@H]2O[C@@H](n3cnc4c(NC(=O)c5ccccc5)ncnc43)C[C@H]2O[Si](C(C)C)(C(C)C)O1. The Kier molecular flexibility index (Phi) is 8.52. The molecule has 2 aromatic heterocycles. The van der Waals surface area contributed by atoms with Gasteiger partial charge in [-0.3, -0.25) is 9.36 Å². The average Bonchev–Trinajstić information content (AvgIpc) is 3.53. The summed E-state index contributed by atoms with van der Waals surface area (Å²) in [6.45, 7) is 18.2. The van der Waals surface area contributed by atoms with E-state index in [-0.39, 0.29) is 46.5 Å². The Balaban J connectivity index is 1.45. The molecule has 12 heteroatoms. The summed E-state index contributed by atoms with van der Waals surface area (Å²) in [7, 11) is -5.38. The number of hydrogen-bond donors (Lipinski definition) is 1. The quantitative estimate of drug-likeness (QED) is 0.315. The second kappa shape index (κ2) is 11.7. The number of imidazole rings is 1. The summed E-state index contributed by atoms with van der Waals surface area (Å²) in [6, 6.07) is 9.02. The van der Waals surface area contributed by atoms with Crippen molar-refractivity contribution in [3.8, 4) is 0 Å². The lowest BCUT2D eigenvalue weighted by atomic mass is 10.2. The van der Waals surface area contributed by atoms with Crippen LogP contribution in [0.1, 0.15) is 78.4 Å². The molecule has 2 aliphatic heterocycles. The van der Waals surface area contributed by atoms with Crippen molar-refractivity contribution in [2.75, 3.05) is 11.9 Å². The number of amides is 1. The van der Waals surface area contributed by atoms with E-state index in [1.807, 2.05) is 22.8 Å². The van der Waals surface area contributed by atoms with Gasteiger partial charge in [0.1, 0.15) is 18.7 Å². The number of nitrogens with zero attached hydrogens (tertiary/aromatic N) is 4. The van der Waals surface area contributed by atoms with E-state index in [9.17, 15) is 4.79 Å². The van der Waals surface area contributed by atoms with E-state index in [4.69, 9.17) is 17.7 Å². The van der Waals surface area contributed by atoms with E-state index in [1.54, 1.807) is 18.5 Å². The summed E-state index contributed by atoms with van der Waals surface area (Å²) in [5.41, 5.74) is 2.65. The number of hydrogen-bond acceptors (Lipinski definition) is 8. The number of rotatable bonds is 7. The lowest BCUT2D eigenvalue weighted by Gasteiger charge is -2.51. The molecule has 0 spiro atoms. The molecule has 10 nitrogen and oxygen atoms in total. The standard InChI is InChI=1S/C29H43N5O5Si2/c1-18(2)40(19(3)4)36-15-24-23(38-41(39-40,20(5)6)21(7)8)14-25(37-24)34-17-32-26-27(30-16-31-28(26)34)33-29(35)22-12-10-9-11-13-22/h9-13,16-21,23-25H,14-15H2,1-8H3,(H,30,31,33,35)/t23-,24+,25-/m1/s1. The number of nitrogens with one attached hydrogen (secondary N) is 1. The fourth-order valence-electron chi connectivity index (χ4n) is 6.23. The van der Waals surface area contributed by atoms with Crippen LogP contribution in [0, 0.1) is 0 Å². The second-order valence-corrected chi connectivity index (χ2v) is 21.2. The minimum Gasteiger partial charge on any atom is -0.414 e. The van der Waals surface area contributed by atoms with Crippen molar-refractivity contribution in [2.24, 2.45) is 0 Å². The largest absolute Gasteiger partial charge is 0.414 e. The van der Waals surface area contributed by atoms with Crippen molar-refractivity contribution >= 4 is 40.0 Å². The molecule has 0 bridgehead atoms. The first-order valence-corrected chi connectivity index (χ1v) is 18.6. The molecule has 222 valence electrons. The number of carbonyl (C=O) groups is 1. The van der Waals surface area contributed by atoms with Crippen LogP contribution in [0.3, 0.4) is 0 Å². The van der Waals surface area contributed by atoms with E-state index < -0.39 is 17.1 Å². The molecule has 2 saturated heterocycles. The molecule has 2 aliphatic rings. The van der Waals surface area contributed by atoms with Gasteiger partial charge in [0, 0.05) is 12.0 Å². The van der Waals surface area contributed by atoms with Crippen molar-refractivity contribution in [3.63, 3.8) is 0 Å². The van der Waals surface area contributed by atoms with E-state index in [0.717, 1.165) is 0 Å². The molecule has 41 heavy (non-hydrogen) atoms. The van der Waals surface area contributed by atoms with Gasteiger partial charge >= 0.3 is 17.1 Å². The summed E-state index contributed by atoms with van der Waals surface area (Å²) in [4.78, 5) is 26.2. The Morgan fingerprint density at radius 2 is 1.56 bits per heavy atom. The van der Waals surface area contributed by atoms with Crippen LogP contribution in [0.25, 0.3) is 11.2 Å². The number of ether oxygens (including phenoxy) is 1. The van der Waals surface area contributed by atoms with E-state index in [0.29, 0.717) is 35.6 Å². The lowest BCUT2D eigenvalue weighted by molar-refractivity contribution is -0.0544. The molecule has 3 atom stereocenters. The highest BCUT2D eigenvalue weighted by molar-refractivity contribution is 6.84. The number of fused-ring (bicyclic) bond motifs is 2. The Morgan fingerprint density at radius 3 is 2.20 bits per heavy atom. The molecule has 0 radical (unpaired) electrons. The van der Waals surface area contributed by atoms with Crippen LogP contribution in [-0.2, 0) is 17.7 Å². The zero-order valence-electron chi connectivity index (χ0n) is 25.3. The predicted molar refractivity (Wildman–Crippen MR) is 162 cm³/mol. The highest BCUT2D eigenvalue weighted by Gasteiger charge is 2.60. The van der Waals surface area contributed by atoms with Crippen molar-refractivity contribution in [1.29, 1.82) is 0 Å². The van der Waals surface area contributed by atoms with Crippen molar-refractivity contribution in [2.45, 2.75) is 102 Å². The minimum absolute atomic E-state index is 0.181. The van der Waals surface area contributed by atoms with Crippen molar-refractivity contribution in [1.82, 2.24) is 19.5 Å². The van der Waals surface area contributed by atoms with Gasteiger partial charge in [-0.05, 0) is 34.3 Å². The van der Waals surface area contributed by atoms with Crippen LogP contribution in [0.4, 0.5) is 5.82 Å². The van der Waals surface area contributed by atoms with Crippen molar-refractivity contribution in [3.05, 3.63) is 48.5 Å². The van der Waals surface area contributed by atoms with Gasteiger partial charge in [-0.15, -0.1) is 0 Å². The summed E-state index contributed by atoms with van der Waals surface area (Å²) in [5.74, 6) is 0.100. The molecule has 2 fully saturated rings. The highest BCUT2D eigenvalue weighted by Crippen LogP contribution is 2.48. The highest BCUT2D eigenvalue weighted by atomic mass is 28.5. The lowest BCUT2D eigenvalue weighted by Crippen LogP contribution is -2.65. The van der Waals surface area contributed by atoms with Crippen LogP contribution in [0.5, 0.6) is 0 Å². The smallest absolute Gasteiger partial charge is 0.335 e. The molecule has 0 aliphatic carbocycles. The second-order valence-electron chi connectivity index (χ2n) is 12.4. The fourth-order valence-corrected chi connectivity index (χ4v) is 17.4. The summed E-state index contributed by atoms with van der Waals surface area (Å²) < 4.78 is 29.9. The molecule has 0 saturated carbocycles. The van der Waals surface area contributed by atoms with Crippen LogP contribution in [-0.4, -0.2) is 61.4 Å². The monoisotopic (exact) mass is 597 g/mol. The molecule has 1 aromatic carbocycles. The topological polar surface area (TPSA) is 110 Å². The summed E-state index contributed by atoms with van der Waals surface area (Å²) in [5, 5.41) is 2.88. The van der Waals surface area contributed by atoms with Crippen LogP contribution in [0.2, 0.25) is 22.2 Å². The Hall–Kier alpha value is -2.49. The first-order valence-electron chi connectivity index (χ1n) is 14.7. The number of aromatic nitrogens is 4. The van der Waals surface area contributed by atoms with Gasteiger partial charge in [-0.25, -0.2) is 15.0 Å². The van der Waals surface area contributed by atoms with Gasteiger partial charge < -0.3 is 23.0 Å². The fraction of sp³-hybridized carbons (Fsp3) is 0.586. The van der Waals surface area contributed by atoms with Gasteiger partial charge in [-0.1, -0.05) is 73.6 Å². The van der Waals surface area contributed by atoms with Crippen LogP contribution >= 0.6 is 0 Å². The molecular formula is C29H43N5O5Si2. The normalized spacial score (nSPS) is 24.1. The molecule has 4 heterocycles. The van der Waals surface area contributed by atoms with Gasteiger partial charge in [0.2, 0.25) is 0 Å². The predicted octanol–water partition coefficient (Wildman–Crippen LogP) is 6.32. The van der Waals surface area contributed by atoms with Gasteiger partial charge in [0.05, 0.1) is 19.0 Å². The van der Waals surface area contributed by atoms with Crippen LogP contribution in [0.15, 0.2) is 43.0 Å². The van der Waals surface area contributed by atoms with E-state index >= 15 is 0 Å². The Morgan fingerprint density at radius 1 is 0.902 bits per heavy atom. The summed E-state index contributed by atoms with van der Waals surface area (Å²) >= 11 is 0. The maximum Gasteiger partial charge on any atom is 0.335 e. The first-order chi connectivity index (χ1) is 19.5. The number of carbonyl (C=O) groups excluding carboxylic acids is 1. The maximum atomic E-state index is 12.8. The maximum absolute atomic E-state index is 12.8. The minimum atomic E-state index is -2.74. The zero-order chi connectivity index (χ0) is 29.5. The molecule has 5 rings (SSSR count). The molecule has 0 unspecified atom stereocenters. The summed E-state index contributed by atoms with van der Waals surface area (Å²) in [6.07, 6.45) is 2.98. The molecule has 3 aromatic rings. The first kappa shape index (κ1) is 30.0.